The van der Waals surface area contributed by atoms with Crippen LogP contribution in [0.1, 0.15) is 46.0 Å². The normalized spacial score (nSPS) is 30.2. The Morgan fingerprint density at radius 2 is 1.72 bits per heavy atom. The Balaban J connectivity index is 1.53. The first-order valence-electron chi connectivity index (χ1n) is 10.2. The van der Waals surface area contributed by atoms with E-state index in [1.807, 2.05) is 4.90 Å². The summed E-state index contributed by atoms with van der Waals surface area (Å²) >= 11 is 0. The lowest BCUT2D eigenvalue weighted by Gasteiger charge is -2.37. The third-order valence-corrected chi connectivity index (χ3v) is 6.11. The number of hydrogen-bond donors (Lipinski definition) is 2. The van der Waals surface area contributed by atoms with E-state index in [2.05, 4.69) is 5.32 Å². The summed E-state index contributed by atoms with van der Waals surface area (Å²) in [6.45, 7) is 4.37. The van der Waals surface area contributed by atoms with Gasteiger partial charge in [-0.1, -0.05) is 0 Å². The van der Waals surface area contributed by atoms with Gasteiger partial charge in [-0.2, -0.15) is 0 Å². The summed E-state index contributed by atoms with van der Waals surface area (Å²) in [6.07, 6.45) is 0.973. The molecule has 0 saturated carbocycles. The van der Waals surface area contributed by atoms with Crippen LogP contribution >= 0.6 is 0 Å². The highest BCUT2D eigenvalue weighted by molar-refractivity contribution is 6.08. The highest BCUT2D eigenvalue weighted by atomic mass is 19.3. The van der Waals surface area contributed by atoms with Gasteiger partial charge in [0.05, 0.1) is 5.60 Å². The van der Waals surface area contributed by atoms with Crippen molar-refractivity contribution < 1.29 is 28.3 Å². The van der Waals surface area contributed by atoms with Gasteiger partial charge in [0.15, 0.2) is 0 Å². The Bertz CT molecular complexity index is 677. The molecule has 3 saturated heterocycles. The summed E-state index contributed by atoms with van der Waals surface area (Å²) in [4.78, 5) is 41.3. The molecule has 2 N–H and O–H groups in total. The Kier molecular flexibility index (Phi) is 5.88. The lowest BCUT2D eigenvalue weighted by atomic mass is 9.93. The Hall–Kier alpha value is -1.81. The molecule has 0 aromatic carbocycles. The SMILES string of the molecule is CC1(C)NC(=O)N(CC(=O)N2CCC[C@@](O)(CN3CCC(F)(F)CC3)CC2)C1=O. The highest BCUT2D eigenvalue weighted by Gasteiger charge is 2.45. The number of piperidine rings is 1. The van der Waals surface area contributed by atoms with Crippen molar-refractivity contribution in [3.63, 3.8) is 0 Å². The average molecular weight is 416 g/mol. The second-order valence-electron chi connectivity index (χ2n) is 9.04. The molecule has 1 atom stereocenters. The van der Waals surface area contributed by atoms with Crippen LogP contribution in [0.3, 0.4) is 0 Å². The number of imide groups is 1. The molecule has 4 amide bonds. The van der Waals surface area contributed by atoms with Gasteiger partial charge in [0.2, 0.25) is 5.91 Å². The van der Waals surface area contributed by atoms with E-state index in [0.29, 0.717) is 38.9 Å². The summed E-state index contributed by atoms with van der Waals surface area (Å²) in [6, 6.07) is -0.582. The maximum absolute atomic E-state index is 13.3. The first kappa shape index (κ1) is 21.9. The van der Waals surface area contributed by atoms with Gasteiger partial charge in [0, 0.05) is 45.6 Å². The lowest BCUT2D eigenvalue weighted by Crippen LogP contribution is -2.49. The Morgan fingerprint density at radius 1 is 1.07 bits per heavy atom. The maximum atomic E-state index is 13.3. The van der Waals surface area contributed by atoms with Crippen LogP contribution in [0, 0.1) is 0 Å². The molecule has 10 heteroatoms. The number of aliphatic hydroxyl groups is 1. The lowest BCUT2D eigenvalue weighted by molar-refractivity contribution is -0.138. The molecule has 29 heavy (non-hydrogen) atoms. The van der Waals surface area contributed by atoms with Crippen molar-refractivity contribution in [2.75, 3.05) is 39.3 Å². The largest absolute Gasteiger partial charge is 0.388 e. The second kappa shape index (κ2) is 7.79. The summed E-state index contributed by atoms with van der Waals surface area (Å²) in [7, 11) is 0. The van der Waals surface area contributed by atoms with Gasteiger partial charge < -0.3 is 20.2 Å². The number of carbonyl (C=O) groups is 3. The third-order valence-electron chi connectivity index (χ3n) is 6.11. The average Bonchev–Trinajstić information content (AvgIpc) is 2.77. The number of urea groups is 1. The number of hydrogen-bond acceptors (Lipinski definition) is 5. The van der Waals surface area contributed by atoms with Crippen molar-refractivity contribution in [1.82, 2.24) is 20.0 Å². The fourth-order valence-corrected chi connectivity index (χ4v) is 4.24. The van der Waals surface area contributed by atoms with Crippen molar-refractivity contribution in [2.24, 2.45) is 0 Å². The Morgan fingerprint density at radius 3 is 2.31 bits per heavy atom. The van der Waals surface area contributed by atoms with E-state index in [-0.39, 0.29) is 38.4 Å². The van der Waals surface area contributed by atoms with Gasteiger partial charge in [-0.3, -0.25) is 14.5 Å². The minimum absolute atomic E-state index is 0.198. The molecule has 3 fully saturated rings. The van der Waals surface area contributed by atoms with Crippen molar-refractivity contribution in [3.05, 3.63) is 0 Å². The molecular formula is C19H30F2N4O4. The number of alkyl halides is 2. The van der Waals surface area contributed by atoms with E-state index in [1.165, 1.54) is 0 Å². The minimum atomic E-state index is -2.63. The minimum Gasteiger partial charge on any atom is -0.388 e. The topological polar surface area (TPSA) is 93.2 Å². The maximum Gasteiger partial charge on any atom is 0.325 e. The molecule has 0 radical (unpaired) electrons. The van der Waals surface area contributed by atoms with Gasteiger partial charge in [-0.15, -0.1) is 0 Å². The monoisotopic (exact) mass is 416 g/mol. The second-order valence-corrected chi connectivity index (χ2v) is 9.04. The quantitative estimate of drug-likeness (QED) is 0.661. The van der Waals surface area contributed by atoms with E-state index in [0.717, 1.165) is 4.90 Å². The summed E-state index contributed by atoms with van der Waals surface area (Å²) in [5.41, 5.74) is -2.06. The predicted molar refractivity (Wildman–Crippen MR) is 100 cm³/mol. The number of halogens is 2. The van der Waals surface area contributed by atoms with Gasteiger partial charge >= 0.3 is 6.03 Å². The van der Waals surface area contributed by atoms with Crippen molar-refractivity contribution in [2.45, 2.75) is 63.0 Å². The van der Waals surface area contributed by atoms with Crippen LogP contribution in [0.5, 0.6) is 0 Å². The molecule has 3 heterocycles. The zero-order valence-corrected chi connectivity index (χ0v) is 17.0. The Labute approximate surface area is 169 Å². The number of likely N-dealkylation sites (tertiary alicyclic amines) is 2. The zero-order chi connectivity index (χ0) is 21.4. The molecule has 0 aromatic heterocycles. The van der Waals surface area contributed by atoms with Gasteiger partial charge in [-0.25, -0.2) is 13.6 Å². The fraction of sp³-hybridized carbons (Fsp3) is 0.842. The molecule has 0 aromatic rings. The smallest absolute Gasteiger partial charge is 0.325 e. The van der Waals surface area contributed by atoms with Crippen LogP contribution in [0.15, 0.2) is 0 Å². The molecule has 164 valence electrons. The van der Waals surface area contributed by atoms with Gasteiger partial charge in [0.1, 0.15) is 12.1 Å². The van der Waals surface area contributed by atoms with Crippen molar-refractivity contribution in [3.8, 4) is 0 Å². The molecule has 0 aliphatic carbocycles. The van der Waals surface area contributed by atoms with E-state index in [9.17, 15) is 28.3 Å². The van der Waals surface area contributed by atoms with Crippen LogP contribution in [-0.4, -0.2) is 94.0 Å². The number of carbonyl (C=O) groups excluding carboxylic acids is 3. The molecule has 8 nitrogen and oxygen atoms in total. The molecule has 3 aliphatic rings. The van der Waals surface area contributed by atoms with Gasteiger partial charge in [0.25, 0.3) is 11.8 Å². The number of nitrogens with zero attached hydrogens (tertiary/aromatic N) is 3. The standard InChI is InChI=1S/C19H30F2N4O4/c1-17(2)15(27)25(16(28)22-17)12-14(26)24-8-3-4-18(29,5-11-24)13-23-9-6-19(20,21)7-10-23/h29H,3-13H2,1-2H3,(H,22,28)/t18-/m0/s1. The van der Waals surface area contributed by atoms with Crippen LogP contribution in [0.25, 0.3) is 0 Å². The highest BCUT2D eigenvalue weighted by Crippen LogP contribution is 2.30. The summed E-state index contributed by atoms with van der Waals surface area (Å²) in [5.74, 6) is -3.41. The number of rotatable bonds is 4. The van der Waals surface area contributed by atoms with Crippen LogP contribution in [0.2, 0.25) is 0 Å². The number of amides is 4. The third kappa shape index (κ3) is 5.03. The van der Waals surface area contributed by atoms with E-state index in [4.69, 9.17) is 0 Å². The first-order valence-corrected chi connectivity index (χ1v) is 10.2. The molecule has 3 aliphatic heterocycles. The van der Waals surface area contributed by atoms with Crippen molar-refractivity contribution >= 4 is 17.8 Å². The van der Waals surface area contributed by atoms with Crippen molar-refractivity contribution in [1.29, 1.82) is 0 Å². The van der Waals surface area contributed by atoms with Crippen LogP contribution in [-0.2, 0) is 9.59 Å². The number of β-amino-alcohol motifs (C(OH)–C–C–N with tert-alkyl or cyclic N) is 1. The summed E-state index contributed by atoms with van der Waals surface area (Å²) < 4.78 is 26.7. The van der Waals surface area contributed by atoms with E-state index in [1.54, 1.807) is 18.7 Å². The van der Waals surface area contributed by atoms with E-state index < -0.39 is 29.0 Å². The molecule has 0 bridgehead atoms. The van der Waals surface area contributed by atoms with Gasteiger partial charge in [-0.05, 0) is 33.1 Å². The number of nitrogens with one attached hydrogen (secondary N) is 1. The fourth-order valence-electron chi connectivity index (χ4n) is 4.24. The molecule has 0 unspecified atom stereocenters. The van der Waals surface area contributed by atoms with Crippen LogP contribution in [0.4, 0.5) is 13.6 Å². The molecular weight excluding hydrogens is 386 g/mol. The summed E-state index contributed by atoms with van der Waals surface area (Å²) in [5, 5.41) is 13.5. The van der Waals surface area contributed by atoms with E-state index >= 15 is 0 Å². The molecule has 0 spiro atoms. The van der Waals surface area contributed by atoms with Crippen LogP contribution < -0.4 is 5.32 Å². The first-order chi connectivity index (χ1) is 13.4. The zero-order valence-electron chi connectivity index (χ0n) is 17.0. The predicted octanol–water partition coefficient (Wildman–Crippen LogP) is 0.791. The molecule has 3 rings (SSSR count).